The van der Waals surface area contributed by atoms with Crippen molar-refractivity contribution in [3.63, 3.8) is 0 Å². The van der Waals surface area contributed by atoms with E-state index in [4.69, 9.17) is 4.74 Å². The summed E-state index contributed by atoms with van der Waals surface area (Å²) in [6.45, 7) is -0.758. The number of nitrogens with zero attached hydrogens (tertiary/aromatic N) is 2. The molecule has 27 heavy (non-hydrogen) atoms. The molecule has 0 aromatic heterocycles. The Balaban J connectivity index is 1.61. The molecule has 0 aliphatic rings. The highest BCUT2D eigenvalue weighted by Crippen LogP contribution is 2.00. The van der Waals surface area contributed by atoms with E-state index in [-0.39, 0.29) is 24.8 Å². The van der Waals surface area contributed by atoms with Gasteiger partial charge in [0, 0.05) is 0 Å². The van der Waals surface area contributed by atoms with Gasteiger partial charge < -0.3 is 4.74 Å². The van der Waals surface area contributed by atoms with Crippen molar-refractivity contribution in [1.82, 2.24) is 10.9 Å². The molecular weight excluding hydrogens is 358 g/mol. The van der Waals surface area contributed by atoms with Crippen LogP contribution in [0.15, 0.2) is 58.7 Å². The number of halogens is 2. The number of benzene rings is 2. The van der Waals surface area contributed by atoms with Crippen LogP contribution >= 0.6 is 0 Å². The first-order chi connectivity index (χ1) is 13.0. The molecule has 0 unspecified atom stereocenters. The van der Waals surface area contributed by atoms with Gasteiger partial charge in [0.2, 0.25) is 0 Å². The lowest BCUT2D eigenvalue weighted by Crippen LogP contribution is -2.28. The summed E-state index contributed by atoms with van der Waals surface area (Å²) >= 11 is 0. The Morgan fingerprint density at radius 2 is 1.15 bits per heavy atom. The molecule has 2 rings (SSSR count). The summed E-state index contributed by atoms with van der Waals surface area (Å²) in [5.41, 5.74) is 5.63. The van der Waals surface area contributed by atoms with Crippen LogP contribution in [0.2, 0.25) is 0 Å². The summed E-state index contributed by atoms with van der Waals surface area (Å²) in [4.78, 5) is 23.0. The zero-order chi connectivity index (χ0) is 19.5. The Labute approximate surface area is 153 Å². The summed E-state index contributed by atoms with van der Waals surface area (Å²) in [6.07, 6.45) is 2.68. The maximum absolute atomic E-state index is 12.7. The van der Waals surface area contributed by atoms with Crippen molar-refractivity contribution in [2.75, 3.05) is 13.2 Å². The largest absolute Gasteiger partial charge is 0.362 e. The van der Waals surface area contributed by atoms with E-state index in [1.54, 1.807) is 0 Å². The van der Waals surface area contributed by atoms with Crippen molar-refractivity contribution in [2.24, 2.45) is 10.2 Å². The van der Waals surface area contributed by atoms with Crippen molar-refractivity contribution in [1.29, 1.82) is 0 Å². The third-order valence-electron chi connectivity index (χ3n) is 3.01. The van der Waals surface area contributed by atoms with Crippen LogP contribution < -0.4 is 10.9 Å². The van der Waals surface area contributed by atoms with E-state index in [9.17, 15) is 18.4 Å². The highest BCUT2D eigenvalue weighted by atomic mass is 19.1. The van der Waals surface area contributed by atoms with Crippen LogP contribution in [-0.2, 0) is 14.3 Å². The maximum Gasteiger partial charge on any atom is 0.266 e. The van der Waals surface area contributed by atoms with Gasteiger partial charge in [0.1, 0.15) is 24.8 Å². The molecule has 0 aliphatic carbocycles. The smallest absolute Gasteiger partial charge is 0.266 e. The predicted molar refractivity (Wildman–Crippen MR) is 95.1 cm³/mol. The van der Waals surface area contributed by atoms with Crippen LogP contribution in [0.4, 0.5) is 8.78 Å². The van der Waals surface area contributed by atoms with E-state index in [1.807, 2.05) is 0 Å². The van der Waals surface area contributed by atoms with Gasteiger partial charge in [-0.25, -0.2) is 19.6 Å². The minimum Gasteiger partial charge on any atom is -0.362 e. The molecule has 0 fully saturated rings. The first-order valence-electron chi connectivity index (χ1n) is 7.75. The van der Waals surface area contributed by atoms with Crippen LogP contribution in [-0.4, -0.2) is 37.5 Å². The average Bonchev–Trinajstić information content (AvgIpc) is 2.65. The predicted octanol–water partition coefficient (Wildman–Crippen LogP) is 1.58. The highest BCUT2D eigenvalue weighted by Gasteiger charge is 2.03. The number of nitrogens with one attached hydrogen (secondary N) is 2. The van der Waals surface area contributed by atoms with E-state index >= 15 is 0 Å². The van der Waals surface area contributed by atoms with Crippen LogP contribution in [0.3, 0.4) is 0 Å². The zero-order valence-electron chi connectivity index (χ0n) is 14.1. The molecule has 0 saturated carbocycles. The van der Waals surface area contributed by atoms with Crippen molar-refractivity contribution in [3.05, 3.63) is 71.3 Å². The first kappa shape index (κ1) is 19.9. The summed E-state index contributed by atoms with van der Waals surface area (Å²) in [5, 5.41) is 7.36. The molecule has 2 N–H and O–H groups in total. The Morgan fingerprint density at radius 1 is 0.778 bits per heavy atom. The molecule has 0 saturated heterocycles. The van der Waals surface area contributed by atoms with Crippen LogP contribution in [0.1, 0.15) is 11.1 Å². The van der Waals surface area contributed by atoms with Crippen molar-refractivity contribution in [2.45, 2.75) is 0 Å². The van der Waals surface area contributed by atoms with Gasteiger partial charge in [0.05, 0.1) is 12.4 Å². The van der Waals surface area contributed by atoms with Crippen LogP contribution in [0.25, 0.3) is 0 Å². The van der Waals surface area contributed by atoms with Gasteiger partial charge in [0.15, 0.2) is 0 Å². The van der Waals surface area contributed by atoms with E-state index in [1.165, 1.54) is 61.0 Å². The van der Waals surface area contributed by atoms with Gasteiger partial charge in [0.25, 0.3) is 11.8 Å². The normalized spacial score (nSPS) is 11.0. The number of carbonyl (C=O) groups is 2. The fourth-order valence-corrected chi connectivity index (χ4v) is 1.76. The Kier molecular flexibility index (Phi) is 7.73. The van der Waals surface area contributed by atoms with Crippen molar-refractivity contribution >= 4 is 24.2 Å². The van der Waals surface area contributed by atoms with Gasteiger partial charge in [-0.05, 0) is 35.4 Å². The minimum absolute atomic E-state index is 0.370. The van der Waals surface area contributed by atoms with Gasteiger partial charge in [-0.2, -0.15) is 10.2 Å². The number of carbonyl (C=O) groups excluding carboxylic acids is 2. The quantitative estimate of drug-likeness (QED) is 0.543. The molecule has 2 amide bonds. The molecule has 0 aliphatic heterocycles. The van der Waals surface area contributed by atoms with E-state index in [0.717, 1.165) is 0 Å². The fraction of sp³-hybridized carbons (Fsp3) is 0.111. The molecule has 0 atom stereocenters. The Hall–Kier alpha value is -3.46. The number of hydrogen-bond donors (Lipinski definition) is 2. The SMILES string of the molecule is O=C(COCC(=O)NN=Cc1ccc(F)cc1)NN=Cc1ccc(F)cc1. The minimum atomic E-state index is -0.559. The lowest BCUT2D eigenvalue weighted by atomic mass is 10.2. The molecular formula is C18H16F2N4O3. The number of ether oxygens (including phenoxy) is 1. The summed E-state index contributed by atoms with van der Waals surface area (Å²) in [7, 11) is 0. The first-order valence-corrected chi connectivity index (χ1v) is 7.75. The van der Waals surface area contributed by atoms with Gasteiger partial charge in [-0.1, -0.05) is 24.3 Å². The third kappa shape index (κ3) is 7.97. The zero-order valence-corrected chi connectivity index (χ0v) is 14.1. The lowest BCUT2D eigenvalue weighted by Gasteiger charge is -2.02. The number of hydrazone groups is 2. The molecule has 9 heteroatoms. The standard InChI is InChI=1S/C18H16F2N4O3/c19-15-5-1-13(2-6-15)9-21-23-17(25)11-27-12-18(26)24-22-10-14-3-7-16(20)8-4-14/h1-10H,11-12H2,(H,23,25)(H,24,26). The van der Waals surface area contributed by atoms with E-state index < -0.39 is 11.8 Å². The molecule has 0 heterocycles. The maximum atomic E-state index is 12.7. The third-order valence-corrected chi connectivity index (χ3v) is 3.01. The van der Waals surface area contributed by atoms with Gasteiger partial charge in [-0.15, -0.1) is 0 Å². The van der Waals surface area contributed by atoms with E-state index in [2.05, 4.69) is 21.1 Å². The van der Waals surface area contributed by atoms with Crippen molar-refractivity contribution < 1.29 is 23.1 Å². The molecule has 7 nitrogen and oxygen atoms in total. The summed E-state index contributed by atoms with van der Waals surface area (Å²) in [5.74, 6) is -1.86. The van der Waals surface area contributed by atoms with Crippen molar-refractivity contribution in [3.8, 4) is 0 Å². The summed E-state index contributed by atoms with van der Waals surface area (Å²) < 4.78 is 30.4. The number of rotatable bonds is 8. The van der Waals surface area contributed by atoms with Gasteiger partial charge >= 0.3 is 0 Å². The second kappa shape index (κ2) is 10.5. The van der Waals surface area contributed by atoms with Crippen LogP contribution in [0, 0.1) is 11.6 Å². The number of hydrogen-bond acceptors (Lipinski definition) is 5. The number of amides is 2. The molecule has 0 spiro atoms. The molecule has 2 aromatic rings. The Bertz CT molecular complexity index is 752. The van der Waals surface area contributed by atoms with Crippen LogP contribution in [0.5, 0.6) is 0 Å². The molecule has 0 radical (unpaired) electrons. The molecule has 2 aromatic carbocycles. The Morgan fingerprint density at radius 3 is 1.52 bits per heavy atom. The van der Waals surface area contributed by atoms with E-state index in [0.29, 0.717) is 11.1 Å². The monoisotopic (exact) mass is 374 g/mol. The molecule has 140 valence electrons. The fourth-order valence-electron chi connectivity index (χ4n) is 1.76. The average molecular weight is 374 g/mol. The second-order valence-electron chi connectivity index (χ2n) is 5.18. The lowest BCUT2D eigenvalue weighted by molar-refractivity contribution is -0.130. The second-order valence-corrected chi connectivity index (χ2v) is 5.18. The highest BCUT2D eigenvalue weighted by molar-refractivity contribution is 5.84. The topological polar surface area (TPSA) is 92.2 Å². The van der Waals surface area contributed by atoms with Gasteiger partial charge in [-0.3, -0.25) is 9.59 Å². The molecule has 0 bridgehead atoms. The summed E-state index contributed by atoms with van der Waals surface area (Å²) in [6, 6.07) is 11.1.